The number of nitrogens with zero attached hydrogens (tertiary/aromatic N) is 1. The number of amides is 4. The second-order valence-electron chi connectivity index (χ2n) is 15.6. The van der Waals surface area contributed by atoms with Crippen molar-refractivity contribution in [3.05, 3.63) is 144 Å². The van der Waals surface area contributed by atoms with Crippen LogP contribution in [0.4, 0.5) is 0 Å². The zero-order valence-corrected chi connectivity index (χ0v) is 33.7. The van der Waals surface area contributed by atoms with E-state index in [0.29, 0.717) is 17.2 Å². The zero-order chi connectivity index (χ0) is 41.1. The van der Waals surface area contributed by atoms with Gasteiger partial charge in [-0.05, 0) is 111 Å². The van der Waals surface area contributed by atoms with Crippen LogP contribution in [0.5, 0.6) is 0 Å². The van der Waals surface area contributed by atoms with Crippen LogP contribution < -0.4 is 26.6 Å². The summed E-state index contributed by atoms with van der Waals surface area (Å²) in [5, 5.41) is 17.5. The van der Waals surface area contributed by atoms with Crippen LogP contribution in [0.1, 0.15) is 83.5 Å². The molecule has 7 N–H and O–H groups in total. The largest absolute Gasteiger partial charge is 0.361 e. The summed E-state index contributed by atoms with van der Waals surface area (Å²) >= 11 is 0. The molecule has 306 valence electrons. The maximum atomic E-state index is 13.2. The predicted octanol–water partition coefficient (Wildman–Crippen LogP) is 6.14. The SMILES string of the molecule is CC(C)N1CCC(NC(=O)[C@H](NC(=O)c2ccc3cc[nH]c3c2)c2ccccc2)CC1.O=C(N[C@@H](C(=O)NC1CCNCC1)c1ccccc1)c1ccc2cc[nH]c2c1. The molecule has 4 amide bonds. The molecule has 6 aromatic rings. The van der Waals surface area contributed by atoms with Crippen LogP contribution in [-0.4, -0.2) is 82.8 Å². The Kier molecular flexibility index (Phi) is 13.5. The topological polar surface area (TPSA) is 163 Å². The molecular formula is C47H54N8O4. The van der Waals surface area contributed by atoms with E-state index < -0.39 is 12.1 Å². The third-order valence-corrected chi connectivity index (χ3v) is 11.3. The number of hydrogen-bond donors (Lipinski definition) is 7. The molecule has 12 nitrogen and oxygen atoms in total. The van der Waals surface area contributed by atoms with E-state index in [-0.39, 0.29) is 35.7 Å². The van der Waals surface area contributed by atoms with E-state index in [4.69, 9.17) is 0 Å². The normalized spacial score (nSPS) is 16.1. The molecule has 0 saturated carbocycles. The Morgan fingerprint density at radius 2 is 1.02 bits per heavy atom. The van der Waals surface area contributed by atoms with E-state index in [9.17, 15) is 19.2 Å². The Balaban J connectivity index is 0.000000180. The number of fused-ring (bicyclic) bond motifs is 2. The molecular weight excluding hydrogens is 741 g/mol. The van der Waals surface area contributed by atoms with E-state index in [2.05, 4.69) is 55.3 Å². The maximum absolute atomic E-state index is 13.2. The van der Waals surface area contributed by atoms with Gasteiger partial charge in [-0.3, -0.25) is 19.2 Å². The van der Waals surface area contributed by atoms with Crippen molar-refractivity contribution in [1.29, 1.82) is 0 Å². The van der Waals surface area contributed by atoms with Crippen LogP contribution in [0.15, 0.2) is 122 Å². The lowest BCUT2D eigenvalue weighted by Crippen LogP contribution is -2.49. The van der Waals surface area contributed by atoms with Crippen molar-refractivity contribution in [3.63, 3.8) is 0 Å². The third kappa shape index (κ3) is 10.6. The highest BCUT2D eigenvalue weighted by Gasteiger charge is 2.29. The molecule has 0 radical (unpaired) electrons. The van der Waals surface area contributed by atoms with Gasteiger partial charge in [0.05, 0.1) is 0 Å². The molecule has 0 unspecified atom stereocenters. The number of carbonyl (C=O) groups is 4. The first-order chi connectivity index (χ1) is 28.7. The van der Waals surface area contributed by atoms with Gasteiger partial charge in [0.15, 0.2) is 0 Å². The summed E-state index contributed by atoms with van der Waals surface area (Å²) in [7, 11) is 0. The Morgan fingerprint density at radius 1 is 0.576 bits per heavy atom. The first-order valence-electron chi connectivity index (χ1n) is 20.6. The maximum Gasteiger partial charge on any atom is 0.252 e. The van der Waals surface area contributed by atoms with Crippen molar-refractivity contribution in [2.24, 2.45) is 0 Å². The number of rotatable bonds is 11. The van der Waals surface area contributed by atoms with Crippen molar-refractivity contribution >= 4 is 45.4 Å². The van der Waals surface area contributed by atoms with Crippen molar-refractivity contribution < 1.29 is 19.2 Å². The van der Waals surface area contributed by atoms with E-state index >= 15 is 0 Å². The number of H-pyrrole nitrogens is 2. The van der Waals surface area contributed by atoms with Crippen LogP contribution in [-0.2, 0) is 9.59 Å². The van der Waals surface area contributed by atoms with Crippen LogP contribution in [0, 0.1) is 0 Å². The second-order valence-corrected chi connectivity index (χ2v) is 15.6. The minimum atomic E-state index is -0.740. The smallest absolute Gasteiger partial charge is 0.252 e. The fourth-order valence-corrected chi connectivity index (χ4v) is 7.79. The molecule has 4 aromatic carbocycles. The molecule has 0 bridgehead atoms. The van der Waals surface area contributed by atoms with Crippen LogP contribution >= 0.6 is 0 Å². The first kappa shape index (κ1) is 40.9. The minimum absolute atomic E-state index is 0.126. The van der Waals surface area contributed by atoms with Crippen molar-refractivity contribution in [1.82, 2.24) is 41.5 Å². The summed E-state index contributed by atoms with van der Waals surface area (Å²) in [6.45, 7) is 8.13. The van der Waals surface area contributed by atoms with E-state index in [1.54, 1.807) is 18.2 Å². The highest BCUT2D eigenvalue weighted by atomic mass is 16.2. The summed E-state index contributed by atoms with van der Waals surface area (Å²) in [5.74, 6) is -0.878. The second kappa shape index (κ2) is 19.5. The highest BCUT2D eigenvalue weighted by Crippen LogP contribution is 2.21. The van der Waals surface area contributed by atoms with Crippen LogP contribution in [0.2, 0.25) is 0 Å². The number of aromatic nitrogens is 2. The molecule has 2 aromatic heterocycles. The van der Waals surface area contributed by atoms with Gasteiger partial charge < -0.3 is 41.5 Å². The first-order valence-corrected chi connectivity index (χ1v) is 20.6. The molecule has 12 heteroatoms. The quantitative estimate of drug-likeness (QED) is 0.0835. The molecule has 4 heterocycles. The number of piperidine rings is 2. The van der Waals surface area contributed by atoms with Crippen molar-refractivity contribution in [3.8, 4) is 0 Å². The van der Waals surface area contributed by atoms with Gasteiger partial charge in [-0.15, -0.1) is 0 Å². The van der Waals surface area contributed by atoms with E-state index in [1.807, 2.05) is 103 Å². The van der Waals surface area contributed by atoms with Gasteiger partial charge in [-0.2, -0.15) is 0 Å². The standard InChI is InChI=1S/C25H30N4O2.C22H24N4O2/c1-17(2)29-14-11-21(12-15-29)27-25(31)23(19-6-4-3-5-7-19)28-24(30)20-9-8-18-10-13-26-22(18)16-20;27-21(17-7-6-15-8-13-24-19(15)14-17)26-20(16-4-2-1-3-5-16)22(28)25-18-9-11-23-12-10-18/h3-10,13,16-17,21,23,26H,11-12,14-15H2,1-2H3,(H,27,31)(H,28,30);1-8,13-14,18,20,23-24H,9-12H2,(H,25,28)(H,26,27)/t23-;20-/m11/s1. The number of nitrogens with one attached hydrogen (secondary N) is 7. The molecule has 8 rings (SSSR count). The highest BCUT2D eigenvalue weighted by molar-refractivity contribution is 6.01. The van der Waals surface area contributed by atoms with Gasteiger partial charge in [0.1, 0.15) is 12.1 Å². The molecule has 2 aliphatic rings. The van der Waals surface area contributed by atoms with Gasteiger partial charge >= 0.3 is 0 Å². The summed E-state index contributed by atoms with van der Waals surface area (Å²) in [5.41, 5.74) is 4.37. The Labute approximate surface area is 344 Å². The monoisotopic (exact) mass is 794 g/mol. The van der Waals surface area contributed by atoms with Crippen molar-refractivity contribution in [2.45, 2.75) is 69.7 Å². The summed E-state index contributed by atoms with van der Waals surface area (Å²) in [6, 6.07) is 33.0. The molecule has 2 atom stereocenters. The van der Waals surface area contributed by atoms with Crippen LogP contribution in [0.25, 0.3) is 21.8 Å². The molecule has 2 fully saturated rings. The van der Waals surface area contributed by atoms with Gasteiger partial charge in [-0.25, -0.2) is 0 Å². The Hall–Kier alpha value is -6.24. The molecule has 0 aliphatic carbocycles. The fraction of sp³-hybridized carbons (Fsp3) is 0.319. The predicted molar refractivity (Wildman–Crippen MR) is 232 cm³/mol. The molecule has 0 spiro atoms. The number of aromatic amines is 2. The minimum Gasteiger partial charge on any atom is -0.361 e. The number of benzene rings is 4. The number of carbonyl (C=O) groups excluding carboxylic acids is 4. The van der Waals surface area contributed by atoms with Gasteiger partial charge in [0.25, 0.3) is 11.8 Å². The van der Waals surface area contributed by atoms with Gasteiger partial charge in [0, 0.05) is 65.8 Å². The van der Waals surface area contributed by atoms with E-state index in [1.165, 1.54) is 0 Å². The lowest BCUT2D eigenvalue weighted by Gasteiger charge is -2.35. The third-order valence-electron chi connectivity index (χ3n) is 11.3. The lowest BCUT2D eigenvalue weighted by atomic mass is 10.0. The fourth-order valence-electron chi connectivity index (χ4n) is 7.79. The van der Waals surface area contributed by atoms with Crippen LogP contribution in [0.3, 0.4) is 0 Å². The summed E-state index contributed by atoms with van der Waals surface area (Å²) < 4.78 is 0. The lowest BCUT2D eigenvalue weighted by molar-refractivity contribution is -0.124. The Morgan fingerprint density at radius 3 is 1.46 bits per heavy atom. The van der Waals surface area contributed by atoms with Gasteiger partial charge in [0.2, 0.25) is 11.8 Å². The number of hydrogen-bond acceptors (Lipinski definition) is 6. The molecule has 2 saturated heterocycles. The molecule has 59 heavy (non-hydrogen) atoms. The van der Waals surface area contributed by atoms with Gasteiger partial charge in [-0.1, -0.05) is 72.8 Å². The van der Waals surface area contributed by atoms with Crippen molar-refractivity contribution in [2.75, 3.05) is 26.2 Å². The summed E-state index contributed by atoms with van der Waals surface area (Å²) in [6.07, 6.45) is 7.31. The molecule has 2 aliphatic heterocycles. The number of likely N-dealkylation sites (tertiary alicyclic amines) is 1. The van der Waals surface area contributed by atoms with E-state index in [0.717, 1.165) is 84.8 Å². The average Bonchev–Trinajstić information content (AvgIpc) is 3.95. The summed E-state index contributed by atoms with van der Waals surface area (Å²) in [4.78, 5) is 60.8. The average molecular weight is 795 g/mol. The zero-order valence-electron chi connectivity index (χ0n) is 33.7. The Bertz CT molecular complexity index is 2330.